The van der Waals surface area contributed by atoms with Crippen LogP contribution >= 0.6 is 0 Å². The van der Waals surface area contributed by atoms with Gasteiger partial charge in [0.05, 0.1) is 17.6 Å². The maximum absolute atomic E-state index is 14.2. The normalized spacial score (nSPS) is 11.9. The minimum absolute atomic E-state index is 0.00675. The Bertz CT molecular complexity index is 1730. The molecule has 0 spiro atoms. The van der Waals surface area contributed by atoms with Crippen molar-refractivity contribution < 1.29 is 22.8 Å². The van der Waals surface area contributed by atoms with E-state index < -0.39 is 23.7 Å². The standard InChI is InChI=1S/C28H26F3N7O2/c1-4-37-15-22(24(36-37)27(40)32-13-16(2)3)35-26(39)20-14-33-38-23(28(29,30)31)12-21(34-25(20)38)19-11-7-9-17-8-5-6-10-18(17)19/h5-12,14-16H,4,13H2,1-3H3,(H,32,40)(H,35,39). The Kier molecular flexibility index (Phi) is 7.01. The first kappa shape index (κ1) is 26.9. The minimum Gasteiger partial charge on any atom is -0.350 e. The Labute approximate surface area is 227 Å². The van der Waals surface area contributed by atoms with E-state index in [4.69, 9.17) is 0 Å². The molecule has 5 rings (SSSR count). The molecular formula is C28H26F3N7O2. The second kappa shape index (κ2) is 10.4. The van der Waals surface area contributed by atoms with Gasteiger partial charge >= 0.3 is 6.18 Å². The second-order valence-electron chi connectivity index (χ2n) is 9.65. The molecule has 0 unspecified atom stereocenters. The Hall–Kier alpha value is -4.74. The monoisotopic (exact) mass is 549 g/mol. The van der Waals surface area contributed by atoms with Gasteiger partial charge in [-0.05, 0) is 29.7 Å². The molecule has 0 radical (unpaired) electrons. The summed E-state index contributed by atoms with van der Waals surface area (Å²) in [4.78, 5) is 30.6. The van der Waals surface area contributed by atoms with Gasteiger partial charge in [0.25, 0.3) is 11.8 Å². The van der Waals surface area contributed by atoms with Gasteiger partial charge in [0.1, 0.15) is 5.56 Å². The van der Waals surface area contributed by atoms with Crippen molar-refractivity contribution in [2.45, 2.75) is 33.5 Å². The lowest BCUT2D eigenvalue weighted by Gasteiger charge is -2.13. The highest BCUT2D eigenvalue weighted by molar-refractivity contribution is 6.11. The van der Waals surface area contributed by atoms with Crippen LogP contribution in [0.25, 0.3) is 27.7 Å². The number of aromatic nitrogens is 5. The third kappa shape index (κ3) is 5.12. The molecule has 0 aliphatic carbocycles. The molecule has 5 aromatic rings. The first-order valence-electron chi connectivity index (χ1n) is 12.7. The van der Waals surface area contributed by atoms with E-state index in [0.717, 1.165) is 17.6 Å². The second-order valence-corrected chi connectivity index (χ2v) is 9.65. The number of alkyl halides is 3. The quantitative estimate of drug-likeness (QED) is 0.282. The summed E-state index contributed by atoms with van der Waals surface area (Å²) in [6.45, 7) is 6.53. The zero-order valence-electron chi connectivity index (χ0n) is 22.0. The van der Waals surface area contributed by atoms with Crippen LogP contribution in [0.15, 0.2) is 60.9 Å². The predicted molar refractivity (Wildman–Crippen MR) is 144 cm³/mol. The summed E-state index contributed by atoms with van der Waals surface area (Å²) in [5.74, 6) is -1.06. The van der Waals surface area contributed by atoms with E-state index in [1.54, 1.807) is 24.3 Å². The highest BCUT2D eigenvalue weighted by Gasteiger charge is 2.36. The summed E-state index contributed by atoms with van der Waals surface area (Å²) < 4.78 is 44.5. The SMILES string of the molecule is CCn1cc(NC(=O)c2cnn3c(C(F)(F)F)cc(-c4cccc5ccccc45)nc23)c(C(=O)NCC(C)C)n1. The van der Waals surface area contributed by atoms with Gasteiger partial charge in [-0.2, -0.15) is 23.4 Å². The number of aryl methyl sites for hydroxylation is 1. The van der Waals surface area contributed by atoms with Gasteiger partial charge in [-0.3, -0.25) is 14.3 Å². The molecule has 12 heteroatoms. The van der Waals surface area contributed by atoms with E-state index in [1.807, 2.05) is 39.0 Å². The van der Waals surface area contributed by atoms with Crippen molar-refractivity contribution >= 4 is 33.9 Å². The third-order valence-electron chi connectivity index (χ3n) is 6.29. The lowest BCUT2D eigenvalue weighted by Crippen LogP contribution is -2.28. The Balaban J connectivity index is 1.59. The Morgan fingerprint density at radius 1 is 1.05 bits per heavy atom. The molecule has 3 aromatic heterocycles. The Morgan fingerprint density at radius 2 is 1.80 bits per heavy atom. The fourth-order valence-electron chi connectivity index (χ4n) is 4.32. The number of fused-ring (bicyclic) bond motifs is 2. The van der Waals surface area contributed by atoms with Crippen molar-refractivity contribution in [3.8, 4) is 11.3 Å². The Morgan fingerprint density at radius 3 is 2.52 bits per heavy atom. The van der Waals surface area contributed by atoms with Gasteiger partial charge in [0, 0.05) is 24.8 Å². The summed E-state index contributed by atoms with van der Waals surface area (Å²) in [5, 5.41) is 15.0. The van der Waals surface area contributed by atoms with Gasteiger partial charge in [0.15, 0.2) is 17.0 Å². The molecule has 3 heterocycles. The van der Waals surface area contributed by atoms with Crippen molar-refractivity contribution in [1.82, 2.24) is 29.7 Å². The van der Waals surface area contributed by atoms with Crippen molar-refractivity contribution in [3.63, 3.8) is 0 Å². The van der Waals surface area contributed by atoms with E-state index in [2.05, 4.69) is 25.8 Å². The predicted octanol–water partition coefficient (Wildman–Crippen LogP) is 5.42. The molecule has 2 amide bonds. The van der Waals surface area contributed by atoms with E-state index in [-0.39, 0.29) is 34.2 Å². The smallest absolute Gasteiger partial charge is 0.350 e. The number of nitrogens with zero attached hydrogens (tertiary/aromatic N) is 5. The van der Waals surface area contributed by atoms with Crippen LogP contribution in [0.5, 0.6) is 0 Å². The molecule has 0 bridgehead atoms. The average molecular weight is 550 g/mol. The fraction of sp³-hybridized carbons (Fsp3) is 0.250. The van der Waals surface area contributed by atoms with Gasteiger partial charge in [0.2, 0.25) is 0 Å². The molecule has 0 aliphatic rings. The number of nitrogens with one attached hydrogen (secondary N) is 2. The summed E-state index contributed by atoms with van der Waals surface area (Å²) in [7, 11) is 0. The molecule has 0 aliphatic heterocycles. The molecular weight excluding hydrogens is 523 g/mol. The first-order valence-corrected chi connectivity index (χ1v) is 12.7. The molecule has 40 heavy (non-hydrogen) atoms. The molecule has 0 saturated carbocycles. The van der Waals surface area contributed by atoms with E-state index >= 15 is 0 Å². The van der Waals surface area contributed by atoms with E-state index in [0.29, 0.717) is 28.6 Å². The topological polar surface area (TPSA) is 106 Å². The number of anilines is 1. The number of hydrogen-bond donors (Lipinski definition) is 2. The van der Waals surface area contributed by atoms with Crippen LogP contribution < -0.4 is 10.6 Å². The molecule has 0 fully saturated rings. The van der Waals surface area contributed by atoms with Crippen LogP contribution in [0, 0.1) is 5.92 Å². The molecule has 2 aromatic carbocycles. The van der Waals surface area contributed by atoms with Gasteiger partial charge in [-0.1, -0.05) is 56.3 Å². The zero-order valence-corrected chi connectivity index (χ0v) is 22.0. The van der Waals surface area contributed by atoms with Crippen molar-refractivity contribution in [2.75, 3.05) is 11.9 Å². The number of rotatable bonds is 7. The zero-order chi connectivity index (χ0) is 28.6. The maximum atomic E-state index is 14.2. The average Bonchev–Trinajstić information content (AvgIpc) is 3.54. The first-order chi connectivity index (χ1) is 19.1. The number of benzene rings is 2. The van der Waals surface area contributed by atoms with E-state index in [9.17, 15) is 22.8 Å². The molecule has 206 valence electrons. The van der Waals surface area contributed by atoms with E-state index in [1.165, 1.54) is 10.9 Å². The van der Waals surface area contributed by atoms with Crippen LogP contribution in [0.1, 0.15) is 47.3 Å². The molecule has 2 N–H and O–H groups in total. The fourth-order valence-corrected chi connectivity index (χ4v) is 4.32. The molecule has 0 saturated heterocycles. The van der Waals surface area contributed by atoms with Crippen LogP contribution in [0.4, 0.5) is 18.9 Å². The van der Waals surface area contributed by atoms with Gasteiger partial charge in [-0.25, -0.2) is 9.50 Å². The summed E-state index contributed by atoms with van der Waals surface area (Å²) >= 11 is 0. The van der Waals surface area contributed by atoms with Gasteiger partial charge in [-0.15, -0.1) is 0 Å². The van der Waals surface area contributed by atoms with Crippen LogP contribution in [-0.4, -0.2) is 42.7 Å². The minimum atomic E-state index is -4.77. The highest BCUT2D eigenvalue weighted by atomic mass is 19.4. The summed E-state index contributed by atoms with van der Waals surface area (Å²) in [6, 6.07) is 13.5. The lowest BCUT2D eigenvalue weighted by atomic mass is 10.0. The largest absolute Gasteiger partial charge is 0.433 e. The van der Waals surface area contributed by atoms with Crippen LogP contribution in [0.2, 0.25) is 0 Å². The number of halogens is 3. The summed E-state index contributed by atoms with van der Waals surface area (Å²) in [6.07, 6.45) is -2.25. The summed E-state index contributed by atoms with van der Waals surface area (Å²) in [5.41, 5.74) is -0.909. The maximum Gasteiger partial charge on any atom is 0.433 e. The van der Waals surface area contributed by atoms with Crippen LogP contribution in [-0.2, 0) is 12.7 Å². The highest BCUT2D eigenvalue weighted by Crippen LogP contribution is 2.35. The lowest BCUT2D eigenvalue weighted by molar-refractivity contribution is -0.142. The molecule has 0 atom stereocenters. The van der Waals surface area contributed by atoms with Crippen molar-refractivity contribution in [2.24, 2.45) is 5.92 Å². The number of carbonyl (C=O) groups excluding carboxylic acids is 2. The van der Waals surface area contributed by atoms with Gasteiger partial charge < -0.3 is 10.6 Å². The van der Waals surface area contributed by atoms with Crippen molar-refractivity contribution in [1.29, 1.82) is 0 Å². The van der Waals surface area contributed by atoms with Crippen molar-refractivity contribution in [3.05, 3.63) is 77.9 Å². The van der Waals surface area contributed by atoms with Crippen LogP contribution in [0.3, 0.4) is 0 Å². The number of amides is 2. The number of carbonyl (C=O) groups is 2. The third-order valence-corrected chi connectivity index (χ3v) is 6.29. The number of hydrogen-bond acceptors (Lipinski definition) is 5. The molecule has 9 nitrogen and oxygen atoms in total.